The van der Waals surface area contributed by atoms with Crippen LogP contribution in [0.3, 0.4) is 0 Å². The number of hydrogen-bond donors (Lipinski definition) is 2. The van der Waals surface area contributed by atoms with Gasteiger partial charge in [-0.05, 0) is 18.2 Å². The van der Waals surface area contributed by atoms with Crippen molar-refractivity contribution in [2.24, 2.45) is 0 Å². The van der Waals surface area contributed by atoms with Gasteiger partial charge in [-0.15, -0.1) is 0 Å². The summed E-state index contributed by atoms with van der Waals surface area (Å²) in [4.78, 5) is 23.6. The molecular formula is C21H22ClFN2O5. The van der Waals surface area contributed by atoms with Crippen LogP contribution in [0.5, 0.6) is 5.75 Å². The first-order chi connectivity index (χ1) is 14.3. The van der Waals surface area contributed by atoms with Crippen molar-refractivity contribution in [3.05, 3.63) is 77.6 Å². The van der Waals surface area contributed by atoms with Crippen molar-refractivity contribution in [3.63, 3.8) is 0 Å². The molecule has 0 bridgehead atoms. The molecule has 9 heteroatoms. The lowest BCUT2D eigenvalue weighted by molar-refractivity contribution is -0.122. The third kappa shape index (κ3) is 8.00. The van der Waals surface area contributed by atoms with Gasteiger partial charge in [-0.1, -0.05) is 30.8 Å². The Bertz CT molecular complexity index is 882. The average Bonchev–Trinajstić information content (AvgIpc) is 2.70. The van der Waals surface area contributed by atoms with E-state index in [9.17, 15) is 14.0 Å². The van der Waals surface area contributed by atoms with E-state index in [2.05, 4.69) is 23.8 Å². The quantitative estimate of drug-likeness (QED) is 0.581. The number of rotatable bonds is 9. The van der Waals surface area contributed by atoms with Gasteiger partial charge in [-0.3, -0.25) is 9.59 Å². The Morgan fingerprint density at radius 2 is 2.07 bits per heavy atom. The second-order valence-electron chi connectivity index (χ2n) is 6.07. The Labute approximate surface area is 178 Å². The van der Waals surface area contributed by atoms with E-state index in [0.717, 1.165) is 6.07 Å². The third-order valence-corrected chi connectivity index (χ3v) is 4.00. The summed E-state index contributed by atoms with van der Waals surface area (Å²) in [6.45, 7) is 8.25. The lowest BCUT2D eigenvalue weighted by atomic mass is 10.3. The van der Waals surface area contributed by atoms with Gasteiger partial charge in [-0.25, -0.2) is 4.39 Å². The fraction of sp³-hybridized carbons (Fsp3) is 0.238. The lowest BCUT2D eigenvalue weighted by Crippen LogP contribution is -2.30. The molecule has 0 saturated carbocycles. The van der Waals surface area contributed by atoms with Crippen LogP contribution < -0.4 is 15.4 Å². The predicted molar refractivity (Wildman–Crippen MR) is 110 cm³/mol. The van der Waals surface area contributed by atoms with Gasteiger partial charge in [0.05, 0.1) is 5.02 Å². The number of allylic oxidation sites excluding steroid dienone is 2. The third-order valence-electron chi connectivity index (χ3n) is 3.69. The maximum absolute atomic E-state index is 13.3. The Morgan fingerprint density at radius 3 is 2.80 bits per heavy atom. The minimum Gasteiger partial charge on any atom is -0.487 e. The highest BCUT2D eigenvalue weighted by Gasteiger charge is 2.10. The van der Waals surface area contributed by atoms with Crippen LogP contribution in [0.15, 0.2) is 66.8 Å². The first-order valence-electron chi connectivity index (χ1n) is 9.01. The average molecular weight is 437 g/mol. The summed E-state index contributed by atoms with van der Waals surface area (Å²) < 4.78 is 29.1. The Hall–Kier alpha value is -3.26. The smallest absolute Gasteiger partial charge is 0.262 e. The van der Waals surface area contributed by atoms with Crippen LogP contribution in [-0.4, -0.2) is 38.2 Å². The second kappa shape index (κ2) is 11.7. The molecule has 0 atom stereocenters. The number of benzene rings is 1. The summed E-state index contributed by atoms with van der Waals surface area (Å²) in [5.74, 6) is -0.331. The highest BCUT2D eigenvalue weighted by Crippen LogP contribution is 2.20. The number of ether oxygens (including phenoxy) is 3. The van der Waals surface area contributed by atoms with Crippen LogP contribution in [-0.2, 0) is 19.1 Å². The van der Waals surface area contributed by atoms with Crippen molar-refractivity contribution in [2.75, 3.05) is 26.4 Å². The van der Waals surface area contributed by atoms with E-state index in [4.69, 9.17) is 25.8 Å². The van der Waals surface area contributed by atoms with Crippen LogP contribution in [0.4, 0.5) is 4.39 Å². The fourth-order valence-electron chi connectivity index (χ4n) is 2.24. The van der Waals surface area contributed by atoms with E-state index in [1.165, 1.54) is 24.3 Å². The van der Waals surface area contributed by atoms with Gasteiger partial charge in [0.2, 0.25) is 5.91 Å². The van der Waals surface area contributed by atoms with Gasteiger partial charge < -0.3 is 24.8 Å². The molecule has 0 aliphatic carbocycles. The number of halogens is 2. The standard InChI is InChI=1S/C21H22ClFN2O5/c1-14(25-21(27)13-30-16-6-7-17(22)18(23)12-16)8-9-24-20(26)5-3-4-19-15(2)28-10-11-29-19/h3-7,12H,1-2,8-11,13H2,(H,24,26)(H,25,27)/b5-3+,19-4+. The topological polar surface area (TPSA) is 85.9 Å². The number of amides is 2. The van der Waals surface area contributed by atoms with Crippen molar-refractivity contribution < 1.29 is 28.2 Å². The van der Waals surface area contributed by atoms with Gasteiger partial charge >= 0.3 is 0 Å². The summed E-state index contributed by atoms with van der Waals surface area (Å²) in [5, 5.41) is 5.17. The molecule has 30 heavy (non-hydrogen) atoms. The van der Waals surface area contributed by atoms with Crippen molar-refractivity contribution >= 4 is 23.4 Å². The molecule has 1 aromatic rings. The Morgan fingerprint density at radius 1 is 1.30 bits per heavy atom. The largest absolute Gasteiger partial charge is 0.487 e. The van der Waals surface area contributed by atoms with E-state index >= 15 is 0 Å². The maximum Gasteiger partial charge on any atom is 0.262 e. The Balaban J connectivity index is 1.63. The van der Waals surface area contributed by atoms with Gasteiger partial charge in [0.25, 0.3) is 5.91 Å². The molecule has 0 aromatic heterocycles. The summed E-state index contributed by atoms with van der Waals surface area (Å²) in [6, 6.07) is 3.88. The first-order valence-corrected chi connectivity index (χ1v) is 9.39. The molecule has 0 radical (unpaired) electrons. The second-order valence-corrected chi connectivity index (χ2v) is 6.47. The Kier molecular flexibility index (Phi) is 8.96. The summed E-state index contributed by atoms with van der Waals surface area (Å²) in [7, 11) is 0. The van der Waals surface area contributed by atoms with Gasteiger partial charge in [0.15, 0.2) is 18.1 Å². The van der Waals surface area contributed by atoms with Crippen LogP contribution in [0, 0.1) is 5.82 Å². The minimum atomic E-state index is -0.635. The van der Waals surface area contributed by atoms with Crippen LogP contribution >= 0.6 is 11.6 Å². The van der Waals surface area contributed by atoms with E-state index in [1.807, 2.05) is 0 Å². The zero-order valence-electron chi connectivity index (χ0n) is 16.2. The summed E-state index contributed by atoms with van der Waals surface area (Å²) in [5.41, 5.74) is 0.404. The molecule has 160 valence electrons. The molecule has 0 spiro atoms. The number of carbonyl (C=O) groups is 2. The van der Waals surface area contributed by atoms with Crippen molar-refractivity contribution in [1.82, 2.24) is 10.6 Å². The van der Waals surface area contributed by atoms with Crippen LogP contribution in [0.2, 0.25) is 5.02 Å². The summed E-state index contributed by atoms with van der Waals surface area (Å²) >= 11 is 5.58. The molecule has 1 fully saturated rings. The van der Waals surface area contributed by atoms with E-state index in [1.54, 1.807) is 6.08 Å². The zero-order chi connectivity index (χ0) is 21.9. The van der Waals surface area contributed by atoms with Gasteiger partial charge in [0.1, 0.15) is 24.8 Å². The molecule has 0 unspecified atom stereocenters. The minimum absolute atomic E-state index is 0.0319. The molecule has 2 rings (SSSR count). The number of hydrogen-bond acceptors (Lipinski definition) is 5. The van der Waals surface area contributed by atoms with Gasteiger partial charge in [0, 0.05) is 30.8 Å². The lowest BCUT2D eigenvalue weighted by Gasteiger charge is -2.18. The molecule has 1 saturated heterocycles. The maximum atomic E-state index is 13.3. The molecule has 1 aliphatic rings. The molecule has 1 heterocycles. The fourth-order valence-corrected chi connectivity index (χ4v) is 2.36. The molecule has 2 N–H and O–H groups in total. The molecule has 1 aromatic carbocycles. The SMILES string of the molecule is C=C(CCNC(=O)/C=C/C=C1/OCCOC1=C)NC(=O)COc1ccc(Cl)c(F)c1. The van der Waals surface area contributed by atoms with Crippen molar-refractivity contribution in [1.29, 1.82) is 0 Å². The highest BCUT2D eigenvalue weighted by molar-refractivity contribution is 6.30. The normalized spacial score (nSPS) is 14.7. The van der Waals surface area contributed by atoms with Crippen LogP contribution in [0.1, 0.15) is 6.42 Å². The monoisotopic (exact) mass is 436 g/mol. The molecule has 7 nitrogen and oxygen atoms in total. The first kappa shape index (κ1) is 23.0. The molecular weight excluding hydrogens is 415 g/mol. The number of carbonyl (C=O) groups excluding carboxylic acids is 2. The zero-order valence-corrected chi connectivity index (χ0v) is 17.0. The van der Waals surface area contributed by atoms with Gasteiger partial charge in [-0.2, -0.15) is 0 Å². The van der Waals surface area contributed by atoms with Crippen molar-refractivity contribution in [3.8, 4) is 5.75 Å². The van der Waals surface area contributed by atoms with E-state index in [0.29, 0.717) is 36.8 Å². The molecule has 1 aliphatic heterocycles. The number of nitrogens with one attached hydrogen (secondary N) is 2. The van der Waals surface area contributed by atoms with E-state index in [-0.39, 0.29) is 29.8 Å². The summed E-state index contributed by atoms with van der Waals surface area (Å²) in [6.07, 6.45) is 4.78. The highest BCUT2D eigenvalue weighted by atomic mass is 35.5. The molecule has 2 amide bonds. The van der Waals surface area contributed by atoms with Crippen molar-refractivity contribution in [2.45, 2.75) is 6.42 Å². The van der Waals surface area contributed by atoms with E-state index < -0.39 is 11.7 Å². The predicted octanol–water partition coefficient (Wildman–Crippen LogP) is 2.99. The van der Waals surface area contributed by atoms with Crippen LogP contribution in [0.25, 0.3) is 0 Å².